The number of aromatic nitrogens is 2. The summed E-state index contributed by atoms with van der Waals surface area (Å²) >= 11 is 0. The molecular formula is C22H19FN4O3S. The number of carbonyl (C=O) groups is 1. The number of halogens is 1. The smallest absolute Gasteiger partial charge is 0.253 e. The van der Waals surface area contributed by atoms with E-state index < -0.39 is 15.8 Å². The Bertz CT molecular complexity index is 1350. The summed E-state index contributed by atoms with van der Waals surface area (Å²) in [5.74, 6) is -0.729. The number of sulfonamides is 1. The van der Waals surface area contributed by atoms with Crippen molar-refractivity contribution in [1.29, 1.82) is 0 Å². The molecule has 3 N–H and O–H groups in total. The topological polar surface area (TPSA) is 104 Å². The second-order valence-corrected chi connectivity index (χ2v) is 8.69. The van der Waals surface area contributed by atoms with Gasteiger partial charge in [0.1, 0.15) is 5.82 Å². The molecule has 4 rings (SSSR count). The van der Waals surface area contributed by atoms with Gasteiger partial charge in [0.05, 0.1) is 22.2 Å². The van der Waals surface area contributed by atoms with Gasteiger partial charge in [-0.25, -0.2) is 17.5 Å². The van der Waals surface area contributed by atoms with Gasteiger partial charge in [-0.15, -0.1) is 0 Å². The monoisotopic (exact) mass is 438 g/mol. The highest BCUT2D eigenvalue weighted by molar-refractivity contribution is 7.89. The van der Waals surface area contributed by atoms with Crippen molar-refractivity contribution >= 4 is 26.8 Å². The molecule has 0 bridgehead atoms. The Balaban J connectivity index is 1.44. The summed E-state index contributed by atoms with van der Waals surface area (Å²) in [4.78, 5) is 12.6. The van der Waals surface area contributed by atoms with Crippen molar-refractivity contribution < 1.29 is 17.6 Å². The molecule has 0 unspecified atom stereocenters. The Morgan fingerprint density at radius 3 is 2.52 bits per heavy atom. The van der Waals surface area contributed by atoms with Crippen LogP contribution in [0.5, 0.6) is 0 Å². The zero-order valence-electron chi connectivity index (χ0n) is 16.3. The van der Waals surface area contributed by atoms with Crippen LogP contribution in [0.3, 0.4) is 0 Å². The fourth-order valence-electron chi connectivity index (χ4n) is 3.17. The van der Waals surface area contributed by atoms with Crippen molar-refractivity contribution in [3.63, 3.8) is 0 Å². The van der Waals surface area contributed by atoms with Crippen LogP contribution in [0.4, 0.5) is 4.39 Å². The van der Waals surface area contributed by atoms with Crippen LogP contribution in [-0.2, 0) is 23.1 Å². The van der Waals surface area contributed by atoms with Gasteiger partial charge in [-0.1, -0.05) is 36.4 Å². The number of H-pyrrole nitrogens is 1. The summed E-state index contributed by atoms with van der Waals surface area (Å²) in [6.07, 6.45) is 1.64. The molecule has 158 valence electrons. The van der Waals surface area contributed by atoms with Gasteiger partial charge < -0.3 is 5.32 Å². The molecule has 0 saturated carbocycles. The van der Waals surface area contributed by atoms with Gasteiger partial charge in [-0.2, -0.15) is 5.10 Å². The molecule has 31 heavy (non-hydrogen) atoms. The fraction of sp³-hybridized carbons (Fsp3) is 0.0909. The van der Waals surface area contributed by atoms with Crippen LogP contribution in [0.15, 0.2) is 77.8 Å². The number of nitrogens with one attached hydrogen (secondary N) is 3. The van der Waals surface area contributed by atoms with Crippen LogP contribution in [0.1, 0.15) is 21.5 Å². The molecule has 9 heteroatoms. The highest BCUT2D eigenvalue weighted by atomic mass is 32.2. The van der Waals surface area contributed by atoms with Gasteiger partial charge in [0.15, 0.2) is 0 Å². The maximum atomic E-state index is 13.3. The molecule has 0 aliphatic carbocycles. The number of amides is 1. The quantitative estimate of drug-likeness (QED) is 0.412. The molecule has 1 aromatic heterocycles. The van der Waals surface area contributed by atoms with Crippen LogP contribution < -0.4 is 10.0 Å². The molecule has 0 aliphatic rings. The van der Waals surface area contributed by atoms with Crippen molar-refractivity contribution in [3.05, 3.63) is 95.4 Å². The van der Waals surface area contributed by atoms with Gasteiger partial charge >= 0.3 is 0 Å². The number of para-hydroxylation sites is 1. The molecule has 0 saturated heterocycles. The summed E-state index contributed by atoms with van der Waals surface area (Å²) in [6.45, 7) is 0.117. The van der Waals surface area contributed by atoms with E-state index in [4.69, 9.17) is 0 Å². The highest BCUT2D eigenvalue weighted by Gasteiger charge is 2.15. The van der Waals surface area contributed by atoms with Gasteiger partial charge in [0, 0.05) is 18.5 Å². The second kappa shape index (κ2) is 8.66. The number of carbonyl (C=O) groups excluding carboxylic acids is 1. The predicted molar refractivity (Wildman–Crippen MR) is 114 cm³/mol. The summed E-state index contributed by atoms with van der Waals surface area (Å²) in [7, 11) is -3.80. The lowest BCUT2D eigenvalue weighted by Gasteiger charge is -2.10. The molecule has 4 aromatic rings. The second-order valence-electron chi connectivity index (χ2n) is 6.92. The Morgan fingerprint density at radius 1 is 0.968 bits per heavy atom. The number of fused-ring (bicyclic) bond motifs is 1. The Kier molecular flexibility index (Phi) is 5.79. The molecule has 0 atom stereocenters. The molecule has 0 radical (unpaired) electrons. The number of nitrogens with zero attached hydrogens (tertiary/aromatic N) is 1. The normalized spacial score (nSPS) is 11.5. The van der Waals surface area contributed by atoms with E-state index in [1.807, 2.05) is 6.07 Å². The van der Waals surface area contributed by atoms with Crippen LogP contribution in [0, 0.1) is 5.82 Å². The van der Waals surface area contributed by atoms with Crippen LogP contribution in [-0.4, -0.2) is 24.5 Å². The van der Waals surface area contributed by atoms with E-state index in [1.165, 1.54) is 30.3 Å². The largest absolute Gasteiger partial charge is 0.348 e. The minimum Gasteiger partial charge on any atom is -0.348 e. The Labute approximate surface area is 178 Å². The maximum absolute atomic E-state index is 13.3. The summed E-state index contributed by atoms with van der Waals surface area (Å²) in [6, 6.07) is 17.3. The molecular weight excluding hydrogens is 419 g/mol. The zero-order chi connectivity index (χ0) is 21.8. The summed E-state index contributed by atoms with van der Waals surface area (Å²) in [5, 5.41) is 10.4. The lowest BCUT2D eigenvalue weighted by Crippen LogP contribution is -2.25. The van der Waals surface area contributed by atoms with E-state index in [0.29, 0.717) is 22.2 Å². The first-order valence-electron chi connectivity index (χ1n) is 9.46. The van der Waals surface area contributed by atoms with Gasteiger partial charge in [0.2, 0.25) is 10.0 Å². The highest BCUT2D eigenvalue weighted by Crippen LogP contribution is 2.16. The fourth-order valence-corrected chi connectivity index (χ4v) is 4.25. The minimum absolute atomic E-state index is 0.0325. The number of aromatic amines is 1. The standard InChI is InChI=1S/C22H19FN4O3S/c23-18-7-1-4-15(10-18)13-26-31(29,30)19-8-2-5-16(11-19)12-24-22(28)20-9-3-6-17-14-25-27-21(17)20/h1-11,14,26H,12-13H2,(H,24,28)(H,25,27). The number of hydrogen-bond acceptors (Lipinski definition) is 4. The third kappa shape index (κ3) is 4.79. The average Bonchev–Trinajstić information content (AvgIpc) is 3.25. The maximum Gasteiger partial charge on any atom is 0.253 e. The minimum atomic E-state index is -3.80. The van der Waals surface area contributed by atoms with E-state index in [2.05, 4.69) is 20.2 Å². The molecule has 0 spiro atoms. The molecule has 1 amide bonds. The van der Waals surface area contributed by atoms with Crippen LogP contribution >= 0.6 is 0 Å². The first kappa shape index (κ1) is 20.7. The number of benzene rings is 3. The number of rotatable bonds is 7. The zero-order valence-corrected chi connectivity index (χ0v) is 17.1. The molecule has 3 aromatic carbocycles. The predicted octanol–water partition coefficient (Wildman–Crippen LogP) is 3.11. The van der Waals surface area contributed by atoms with Crippen molar-refractivity contribution in [3.8, 4) is 0 Å². The van der Waals surface area contributed by atoms with Crippen molar-refractivity contribution in [1.82, 2.24) is 20.2 Å². The van der Waals surface area contributed by atoms with Crippen LogP contribution in [0.25, 0.3) is 10.9 Å². The average molecular weight is 438 g/mol. The van der Waals surface area contributed by atoms with E-state index in [0.717, 1.165) is 5.39 Å². The van der Waals surface area contributed by atoms with Gasteiger partial charge in [0.25, 0.3) is 5.91 Å². The molecule has 0 aliphatic heterocycles. The first-order valence-corrected chi connectivity index (χ1v) is 10.9. The van der Waals surface area contributed by atoms with Gasteiger partial charge in [-0.05, 0) is 41.5 Å². The number of hydrogen-bond donors (Lipinski definition) is 3. The van der Waals surface area contributed by atoms with Crippen LogP contribution in [0.2, 0.25) is 0 Å². The third-order valence-corrected chi connectivity index (χ3v) is 6.14. The molecule has 7 nitrogen and oxygen atoms in total. The van der Waals surface area contributed by atoms with Crippen molar-refractivity contribution in [2.75, 3.05) is 0 Å². The summed E-state index contributed by atoms with van der Waals surface area (Å²) < 4.78 is 41.0. The first-order chi connectivity index (χ1) is 14.9. The Morgan fingerprint density at radius 2 is 1.71 bits per heavy atom. The van der Waals surface area contributed by atoms with Gasteiger partial charge in [-0.3, -0.25) is 9.89 Å². The third-order valence-electron chi connectivity index (χ3n) is 4.74. The lowest BCUT2D eigenvalue weighted by atomic mass is 10.1. The SMILES string of the molecule is O=C(NCc1cccc(S(=O)(=O)NCc2cccc(F)c2)c1)c1cccc2cn[nH]c12. The van der Waals surface area contributed by atoms with E-state index in [9.17, 15) is 17.6 Å². The van der Waals surface area contributed by atoms with E-state index in [1.54, 1.807) is 36.5 Å². The Hall–Kier alpha value is -3.56. The van der Waals surface area contributed by atoms with Crippen molar-refractivity contribution in [2.24, 2.45) is 0 Å². The van der Waals surface area contributed by atoms with E-state index >= 15 is 0 Å². The lowest BCUT2D eigenvalue weighted by molar-refractivity contribution is 0.0952. The molecule has 0 fully saturated rings. The van der Waals surface area contributed by atoms with Crippen molar-refractivity contribution in [2.45, 2.75) is 18.0 Å². The summed E-state index contributed by atoms with van der Waals surface area (Å²) in [5.41, 5.74) is 2.23. The van der Waals surface area contributed by atoms with E-state index in [-0.39, 0.29) is 23.9 Å². The molecule has 1 heterocycles.